The van der Waals surface area contributed by atoms with Gasteiger partial charge in [-0.05, 0) is 54.7 Å². The fraction of sp³-hybridized carbons (Fsp3) is 0.379. The van der Waals surface area contributed by atoms with E-state index in [1.807, 2.05) is 17.1 Å². The van der Waals surface area contributed by atoms with Crippen molar-refractivity contribution in [2.24, 2.45) is 23.7 Å². The van der Waals surface area contributed by atoms with Crippen LogP contribution in [-0.2, 0) is 33.8 Å². The summed E-state index contributed by atoms with van der Waals surface area (Å²) in [5.74, 6) is -3.14. The summed E-state index contributed by atoms with van der Waals surface area (Å²) in [6.45, 7) is 1.90. The van der Waals surface area contributed by atoms with E-state index in [9.17, 15) is 27.6 Å². The van der Waals surface area contributed by atoms with Crippen LogP contribution in [0.5, 0.6) is 0 Å². The molecule has 13 heteroatoms. The highest BCUT2D eigenvalue weighted by atomic mass is 32.2. The number of rotatable bonds is 7. The monoisotopic (exact) mass is 595 g/mol. The van der Waals surface area contributed by atoms with Crippen molar-refractivity contribution in [1.29, 1.82) is 0 Å². The van der Waals surface area contributed by atoms with E-state index < -0.39 is 33.8 Å². The molecule has 2 aliphatic heterocycles. The number of esters is 2. The van der Waals surface area contributed by atoms with Crippen LogP contribution in [0, 0.1) is 23.7 Å². The third-order valence-electron chi connectivity index (χ3n) is 8.35. The molecule has 42 heavy (non-hydrogen) atoms. The maximum Gasteiger partial charge on any atom is 0.337 e. The number of carbonyl (C=O) groups excluding carboxylic acids is 4. The molecule has 2 aromatic carbocycles. The molecule has 0 spiro atoms. The lowest BCUT2D eigenvalue weighted by Gasteiger charge is -2.32. The molecule has 0 radical (unpaired) electrons. The summed E-state index contributed by atoms with van der Waals surface area (Å²) in [7, 11) is -2.02. The molecule has 220 valence electrons. The van der Waals surface area contributed by atoms with Crippen LogP contribution < -0.4 is 14.5 Å². The number of hydrogen-bond acceptors (Lipinski definition) is 10. The minimum Gasteiger partial charge on any atom is -0.465 e. The average Bonchev–Trinajstić information content (AvgIpc) is 3.69. The minimum atomic E-state index is -4.33. The third kappa shape index (κ3) is 4.62. The largest absolute Gasteiger partial charge is 0.465 e. The number of ether oxygens (including phenoxy) is 3. The van der Waals surface area contributed by atoms with Gasteiger partial charge in [0.15, 0.2) is 0 Å². The quantitative estimate of drug-likeness (QED) is 0.287. The molecule has 0 unspecified atom stereocenters. The number of allylic oxidation sites excluding steroid dienone is 2. The predicted molar refractivity (Wildman–Crippen MR) is 150 cm³/mol. The van der Waals surface area contributed by atoms with Crippen molar-refractivity contribution >= 4 is 50.8 Å². The van der Waals surface area contributed by atoms with Crippen LogP contribution in [0.25, 0.3) is 0 Å². The van der Waals surface area contributed by atoms with Gasteiger partial charge in [-0.1, -0.05) is 12.2 Å². The highest BCUT2D eigenvalue weighted by Crippen LogP contribution is 2.54. The number of amides is 2. The molecule has 4 atom stereocenters. The molecule has 1 N–H and O–H groups in total. The first-order valence-corrected chi connectivity index (χ1v) is 15.0. The highest BCUT2D eigenvalue weighted by molar-refractivity contribution is 7.92. The molecule has 6 rings (SSSR count). The molecule has 2 aliphatic carbocycles. The summed E-state index contributed by atoms with van der Waals surface area (Å²) in [6, 6.07) is 7.99. The number of nitrogens with one attached hydrogen (secondary N) is 1. The minimum absolute atomic E-state index is 0.00652. The molecular formula is C29H29N3O9S. The third-order valence-corrected chi connectivity index (χ3v) is 9.73. The second-order valence-corrected chi connectivity index (χ2v) is 12.3. The summed E-state index contributed by atoms with van der Waals surface area (Å²) in [4.78, 5) is 54.7. The molecule has 1 saturated carbocycles. The number of morpholine rings is 1. The van der Waals surface area contributed by atoms with E-state index in [1.54, 1.807) is 6.07 Å². The summed E-state index contributed by atoms with van der Waals surface area (Å²) in [5, 5.41) is 0. The molecule has 2 saturated heterocycles. The number of hydrogen-bond donors (Lipinski definition) is 1. The maximum absolute atomic E-state index is 13.7. The normalized spacial score (nSPS) is 24.6. The van der Waals surface area contributed by atoms with Gasteiger partial charge in [0.25, 0.3) is 10.0 Å². The molecule has 2 amide bonds. The standard InChI is InChI=1S/C29H29N3O9S/c1-39-28(35)18-12-19(29(36)40-2)14-20(13-18)30-42(37,38)21-5-6-22(31-7-9-41-10-8-31)23(15-21)32-26(33)24-16-3-4-17(11-16)25(24)27(32)34/h3-6,12-17,24-25,30H,7-11H2,1-2H3/t16-,17-,24-,25+/m0/s1. The Hall–Kier alpha value is -4.23. The number of benzene rings is 2. The molecule has 12 nitrogen and oxygen atoms in total. The Labute approximate surface area is 242 Å². The number of methoxy groups -OCH3 is 2. The van der Waals surface area contributed by atoms with Crippen molar-refractivity contribution in [2.45, 2.75) is 11.3 Å². The number of fused-ring (bicyclic) bond motifs is 5. The smallest absolute Gasteiger partial charge is 0.337 e. The van der Waals surface area contributed by atoms with E-state index in [-0.39, 0.29) is 51.0 Å². The fourth-order valence-corrected chi connectivity index (χ4v) is 7.49. The molecular weight excluding hydrogens is 566 g/mol. The van der Waals surface area contributed by atoms with E-state index in [0.717, 1.165) is 25.5 Å². The first-order valence-electron chi connectivity index (χ1n) is 13.5. The zero-order chi connectivity index (χ0) is 29.8. The Bertz CT molecular complexity index is 1570. The van der Waals surface area contributed by atoms with Crippen molar-refractivity contribution in [3.05, 3.63) is 59.7 Å². The molecule has 3 fully saturated rings. The highest BCUT2D eigenvalue weighted by Gasteiger charge is 2.60. The second-order valence-electron chi connectivity index (χ2n) is 10.6. The fourth-order valence-electron chi connectivity index (χ4n) is 6.43. The number of carbonyl (C=O) groups is 4. The van der Waals surface area contributed by atoms with Crippen LogP contribution in [0.3, 0.4) is 0 Å². The van der Waals surface area contributed by atoms with Crippen LogP contribution >= 0.6 is 0 Å². The number of nitrogens with zero attached hydrogens (tertiary/aromatic N) is 2. The zero-order valence-corrected chi connectivity index (χ0v) is 23.8. The van der Waals surface area contributed by atoms with E-state index in [4.69, 9.17) is 14.2 Å². The molecule has 2 bridgehead atoms. The Balaban J connectivity index is 1.39. The van der Waals surface area contributed by atoms with Crippen LogP contribution in [-0.4, -0.2) is 72.7 Å². The summed E-state index contributed by atoms with van der Waals surface area (Å²) in [5.41, 5.74) is 0.540. The summed E-state index contributed by atoms with van der Waals surface area (Å²) >= 11 is 0. The van der Waals surface area contributed by atoms with Gasteiger partial charge in [0.05, 0.1) is 72.4 Å². The SMILES string of the molecule is COC(=O)c1cc(NS(=O)(=O)c2ccc(N3CCOCC3)c(N3C(=O)[C@@H]4[C@H](C3=O)[C@H]3C=C[C@H]4C3)c2)cc(C(=O)OC)c1. The second kappa shape index (κ2) is 10.6. The van der Waals surface area contributed by atoms with Crippen molar-refractivity contribution in [3.63, 3.8) is 0 Å². The molecule has 2 aromatic rings. The Morgan fingerprint density at radius 3 is 1.98 bits per heavy atom. The zero-order valence-electron chi connectivity index (χ0n) is 22.9. The number of sulfonamides is 1. The van der Waals surface area contributed by atoms with E-state index >= 15 is 0 Å². The van der Waals surface area contributed by atoms with Crippen LogP contribution in [0.4, 0.5) is 17.1 Å². The lowest BCUT2D eigenvalue weighted by atomic mass is 9.85. The number of anilines is 3. The van der Waals surface area contributed by atoms with E-state index in [2.05, 4.69) is 4.72 Å². The van der Waals surface area contributed by atoms with Crippen molar-refractivity contribution in [1.82, 2.24) is 0 Å². The summed E-state index contributed by atoms with van der Waals surface area (Å²) < 4.78 is 44.6. The van der Waals surface area contributed by atoms with E-state index in [0.29, 0.717) is 32.0 Å². The van der Waals surface area contributed by atoms with Gasteiger partial charge in [-0.2, -0.15) is 0 Å². The first kappa shape index (κ1) is 27.9. The molecule has 2 heterocycles. The topological polar surface area (TPSA) is 149 Å². The van der Waals surface area contributed by atoms with Gasteiger partial charge in [0.1, 0.15) is 0 Å². The van der Waals surface area contributed by atoms with Crippen molar-refractivity contribution < 1.29 is 41.8 Å². The van der Waals surface area contributed by atoms with E-state index in [1.165, 1.54) is 30.3 Å². The van der Waals surface area contributed by atoms with Gasteiger partial charge < -0.3 is 19.1 Å². The molecule has 4 aliphatic rings. The van der Waals surface area contributed by atoms with Gasteiger partial charge in [0.2, 0.25) is 11.8 Å². The van der Waals surface area contributed by atoms with Crippen molar-refractivity contribution in [3.8, 4) is 0 Å². The van der Waals surface area contributed by atoms with Gasteiger partial charge in [-0.25, -0.2) is 22.9 Å². The predicted octanol–water partition coefficient (Wildman–Crippen LogP) is 2.21. The van der Waals surface area contributed by atoms with Crippen LogP contribution in [0.15, 0.2) is 53.4 Å². The van der Waals surface area contributed by atoms with Gasteiger partial charge in [-0.15, -0.1) is 0 Å². The van der Waals surface area contributed by atoms with Gasteiger partial charge in [-0.3, -0.25) is 14.3 Å². The Kier molecular flexibility index (Phi) is 7.01. The first-order chi connectivity index (χ1) is 20.1. The van der Waals surface area contributed by atoms with Crippen molar-refractivity contribution in [2.75, 3.05) is 55.0 Å². The number of imide groups is 1. The van der Waals surface area contributed by atoms with Crippen LogP contribution in [0.2, 0.25) is 0 Å². The Morgan fingerprint density at radius 2 is 1.43 bits per heavy atom. The molecule has 0 aromatic heterocycles. The average molecular weight is 596 g/mol. The lowest BCUT2D eigenvalue weighted by molar-refractivity contribution is -0.123. The van der Waals surface area contributed by atoms with Gasteiger partial charge >= 0.3 is 11.9 Å². The lowest BCUT2D eigenvalue weighted by Crippen LogP contribution is -2.39. The summed E-state index contributed by atoms with van der Waals surface area (Å²) in [6.07, 6.45) is 4.77. The maximum atomic E-state index is 13.7. The van der Waals surface area contributed by atoms with Crippen LogP contribution in [0.1, 0.15) is 27.1 Å². The Morgan fingerprint density at radius 1 is 0.857 bits per heavy atom. The van der Waals surface area contributed by atoms with Gasteiger partial charge in [0, 0.05) is 13.1 Å².